The summed E-state index contributed by atoms with van der Waals surface area (Å²) in [4.78, 5) is 23.9. The summed E-state index contributed by atoms with van der Waals surface area (Å²) in [7, 11) is 0. The molecule has 0 saturated heterocycles. The van der Waals surface area contributed by atoms with Crippen molar-refractivity contribution in [2.45, 2.75) is 25.0 Å². The molecule has 0 aromatic heterocycles. The fraction of sp³-hybridized carbons (Fsp3) is 0.222. The predicted octanol–water partition coefficient (Wildman–Crippen LogP) is 0.723. The lowest BCUT2D eigenvalue weighted by atomic mass is 9.71. The maximum atomic E-state index is 11.9. The van der Waals surface area contributed by atoms with E-state index < -0.39 is 23.1 Å². The number of hydrogen-bond acceptors (Lipinski definition) is 4. The molecule has 0 bridgehead atoms. The summed E-state index contributed by atoms with van der Waals surface area (Å²) >= 11 is 0. The van der Waals surface area contributed by atoms with E-state index in [2.05, 4.69) is 0 Å². The molecule has 0 spiro atoms. The van der Waals surface area contributed by atoms with E-state index >= 15 is 0 Å². The van der Waals surface area contributed by atoms with Gasteiger partial charge in [0.25, 0.3) is 0 Å². The van der Waals surface area contributed by atoms with Gasteiger partial charge in [-0.1, -0.05) is 48.5 Å². The Morgan fingerprint density at radius 1 is 0.720 bits per heavy atom. The Kier molecular flexibility index (Phi) is 5.70. The first kappa shape index (κ1) is 20.3. The first-order valence-electron chi connectivity index (χ1n) is 7.21. The SMILES string of the molecule is Cc1ccccc1C(O)(C(=O)O)C(O)(C(=O)O)c1ccccc1C.O. The maximum absolute atomic E-state index is 11.9. The van der Waals surface area contributed by atoms with Crippen LogP contribution in [0.2, 0.25) is 0 Å². The molecule has 2 rings (SSSR count). The van der Waals surface area contributed by atoms with Crippen LogP contribution in [0, 0.1) is 13.8 Å². The van der Waals surface area contributed by atoms with Crippen LogP contribution in [-0.2, 0) is 20.8 Å². The number of aliphatic carboxylic acids is 2. The Morgan fingerprint density at radius 2 is 1.00 bits per heavy atom. The molecular weight excluding hydrogens is 328 g/mol. The molecule has 0 amide bonds. The van der Waals surface area contributed by atoms with Crippen molar-refractivity contribution in [1.29, 1.82) is 0 Å². The summed E-state index contributed by atoms with van der Waals surface area (Å²) in [5.74, 6) is -3.71. The minimum Gasteiger partial charge on any atom is -0.479 e. The molecule has 0 fully saturated rings. The van der Waals surface area contributed by atoms with Crippen molar-refractivity contribution in [2.75, 3.05) is 0 Å². The van der Waals surface area contributed by atoms with Crippen molar-refractivity contribution in [2.24, 2.45) is 0 Å². The molecule has 134 valence electrons. The predicted molar refractivity (Wildman–Crippen MR) is 89.0 cm³/mol. The maximum Gasteiger partial charge on any atom is 0.344 e. The van der Waals surface area contributed by atoms with Gasteiger partial charge in [0.1, 0.15) is 0 Å². The number of carbonyl (C=O) groups is 2. The summed E-state index contributed by atoms with van der Waals surface area (Å²) in [5.41, 5.74) is -5.84. The first-order valence-corrected chi connectivity index (χ1v) is 7.21. The normalized spacial score (nSPS) is 15.4. The fourth-order valence-electron chi connectivity index (χ4n) is 2.89. The van der Waals surface area contributed by atoms with Crippen molar-refractivity contribution in [3.05, 3.63) is 70.8 Å². The van der Waals surface area contributed by atoms with Crippen LogP contribution in [0.25, 0.3) is 0 Å². The number of hydrogen-bond donors (Lipinski definition) is 4. The van der Waals surface area contributed by atoms with E-state index in [0.29, 0.717) is 11.1 Å². The minimum absolute atomic E-state index is 0. The highest BCUT2D eigenvalue weighted by Gasteiger charge is 2.63. The van der Waals surface area contributed by atoms with Crippen LogP contribution in [0.3, 0.4) is 0 Å². The van der Waals surface area contributed by atoms with E-state index in [-0.39, 0.29) is 16.6 Å². The number of aryl methyl sites for hydroxylation is 2. The fourth-order valence-corrected chi connectivity index (χ4v) is 2.89. The number of aliphatic hydroxyl groups is 2. The summed E-state index contributed by atoms with van der Waals surface area (Å²) in [6.07, 6.45) is 0. The molecule has 2 aromatic carbocycles. The van der Waals surface area contributed by atoms with Gasteiger partial charge in [-0.05, 0) is 25.0 Å². The van der Waals surface area contributed by atoms with E-state index in [9.17, 15) is 30.0 Å². The molecule has 6 N–H and O–H groups in total. The van der Waals surface area contributed by atoms with Gasteiger partial charge in [0.05, 0.1) is 0 Å². The number of rotatable bonds is 5. The van der Waals surface area contributed by atoms with Crippen molar-refractivity contribution < 1.29 is 35.5 Å². The van der Waals surface area contributed by atoms with Crippen molar-refractivity contribution in [1.82, 2.24) is 0 Å². The highest BCUT2D eigenvalue weighted by atomic mass is 16.5. The van der Waals surface area contributed by atoms with Gasteiger partial charge in [0.2, 0.25) is 11.2 Å². The zero-order valence-corrected chi connectivity index (χ0v) is 13.7. The lowest BCUT2D eigenvalue weighted by molar-refractivity contribution is -0.213. The zero-order valence-electron chi connectivity index (χ0n) is 13.7. The molecule has 0 heterocycles. The van der Waals surface area contributed by atoms with Crippen LogP contribution >= 0.6 is 0 Å². The van der Waals surface area contributed by atoms with Crippen LogP contribution in [0.4, 0.5) is 0 Å². The Labute approximate surface area is 144 Å². The molecule has 2 unspecified atom stereocenters. The van der Waals surface area contributed by atoms with Crippen molar-refractivity contribution in [3.63, 3.8) is 0 Å². The summed E-state index contributed by atoms with van der Waals surface area (Å²) in [6.45, 7) is 3.06. The van der Waals surface area contributed by atoms with Crippen molar-refractivity contribution in [3.8, 4) is 0 Å². The monoisotopic (exact) mass is 348 g/mol. The van der Waals surface area contributed by atoms with Crippen LogP contribution in [0.1, 0.15) is 22.3 Å². The summed E-state index contributed by atoms with van der Waals surface area (Å²) in [6, 6.07) is 11.8. The smallest absolute Gasteiger partial charge is 0.344 e. The molecule has 0 aliphatic carbocycles. The van der Waals surface area contributed by atoms with Gasteiger partial charge in [-0.2, -0.15) is 0 Å². The molecule has 7 nitrogen and oxygen atoms in total. The third kappa shape index (κ3) is 2.89. The lowest BCUT2D eigenvalue weighted by Crippen LogP contribution is -2.59. The van der Waals surface area contributed by atoms with Gasteiger partial charge >= 0.3 is 11.9 Å². The van der Waals surface area contributed by atoms with Gasteiger partial charge in [0, 0.05) is 11.1 Å². The number of carboxylic acid groups (broad SMARTS) is 2. The molecule has 0 aliphatic rings. The molecule has 7 heteroatoms. The Balaban J connectivity index is 0.00000312. The summed E-state index contributed by atoms with van der Waals surface area (Å²) in [5, 5.41) is 41.3. The second kappa shape index (κ2) is 7.02. The third-order valence-electron chi connectivity index (χ3n) is 4.21. The van der Waals surface area contributed by atoms with E-state index in [1.54, 1.807) is 12.1 Å². The third-order valence-corrected chi connectivity index (χ3v) is 4.21. The average Bonchev–Trinajstić information content (AvgIpc) is 2.53. The second-order valence-corrected chi connectivity index (χ2v) is 5.66. The van der Waals surface area contributed by atoms with Gasteiger partial charge < -0.3 is 25.9 Å². The second-order valence-electron chi connectivity index (χ2n) is 5.66. The molecule has 2 atom stereocenters. The summed E-state index contributed by atoms with van der Waals surface area (Å²) < 4.78 is 0. The van der Waals surface area contributed by atoms with Crippen molar-refractivity contribution >= 4 is 11.9 Å². The molecule has 2 aromatic rings. The van der Waals surface area contributed by atoms with Gasteiger partial charge in [-0.3, -0.25) is 0 Å². The number of benzene rings is 2. The average molecular weight is 348 g/mol. The van der Waals surface area contributed by atoms with Gasteiger partial charge in [-0.25, -0.2) is 9.59 Å². The van der Waals surface area contributed by atoms with E-state index in [1.807, 2.05) is 0 Å². The Hall–Kier alpha value is -2.74. The van der Waals surface area contributed by atoms with E-state index in [1.165, 1.54) is 50.2 Å². The van der Waals surface area contributed by atoms with E-state index in [0.717, 1.165) is 0 Å². The zero-order chi connectivity index (χ0) is 18.1. The molecule has 0 aliphatic heterocycles. The van der Waals surface area contributed by atoms with Gasteiger partial charge in [0.15, 0.2) is 0 Å². The highest BCUT2D eigenvalue weighted by Crippen LogP contribution is 2.43. The van der Waals surface area contributed by atoms with Crippen LogP contribution in [0.15, 0.2) is 48.5 Å². The standard InChI is InChI=1S/C18H18O6.H2O/c1-11-7-3-5-9-13(11)17(23,15(19)20)18(24,16(21)22)14-10-6-4-8-12(14)2;/h3-10,23-24H,1-2H3,(H,19,20)(H,21,22);1H2. The quantitative estimate of drug-likeness (QED) is 0.626. The molecule has 0 saturated carbocycles. The molecule has 25 heavy (non-hydrogen) atoms. The van der Waals surface area contributed by atoms with Crippen LogP contribution in [-0.4, -0.2) is 37.8 Å². The topological polar surface area (TPSA) is 147 Å². The van der Waals surface area contributed by atoms with Crippen LogP contribution < -0.4 is 0 Å². The highest BCUT2D eigenvalue weighted by molar-refractivity contribution is 5.93. The van der Waals surface area contributed by atoms with E-state index in [4.69, 9.17) is 0 Å². The van der Waals surface area contributed by atoms with Crippen LogP contribution in [0.5, 0.6) is 0 Å². The van der Waals surface area contributed by atoms with Gasteiger partial charge in [-0.15, -0.1) is 0 Å². The molecule has 0 radical (unpaired) electrons. The number of carboxylic acids is 2. The minimum atomic E-state index is -3.07. The largest absolute Gasteiger partial charge is 0.479 e. The first-order chi connectivity index (χ1) is 11.2. The Morgan fingerprint density at radius 3 is 1.24 bits per heavy atom. The molecular formula is C18H20O7. The lowest BCUT2D eigenvalue weighted by Gasteiger charge is -2.39. The Bertz CT molecular complexity index is 734.